The Morgan fingerprint density at radius 1 is 0.892 bits per heavy atom. The van der Waals surface area contributed by atoms with Crippen LogP contribution in [0.5, 0.6) is 17.2 Å². The van der Waals surface area contributed by atoms with Crippen molar-refractivity contribution in [3.05, 3.63) is 78.9 Å². The monoisotopic (exact) mass is 501 g/mol. The summed E-state index contributed by atoms with van der Waals surface area (Å²) in [7, 11) is 1.55. The van der Waals surface area contributed by atoms with Gasteiger partial charge in [-0.2, -0.15) is 0 Å². The van der Waals surface area contributed by atoms with Gasteiger partial charge in [0.05, 0.1) is 30.8 Å². The van der Waals surface area contributed by atoms with Crippen LogP contribution < -0.4 is 36.1 Å². The molecule has 3 aromatic carbocycles. The number of ether oxygens (including phenoxy) is 2. The van der Waals surface area contributed by atoms with E-state index in [1.54, 1.807) is 37.4 Å². The van der Waals surface area contributed by atoms with E-state index >= 15 is 0 Å². The summed E-state index contributed by atoms with van der Waals surface area (Å²) in [4.78, 5) is 38.7. The van der Waals surface area contributed by atoms with Gasteiger partial charge in [0.15, 0.2) is 6.29 Å². The lowest BCUT2D eigenvalue weighted by Crippen LogP contribution is -2.72. The molecular weight excluding hydrogens is 474 g/mol. The summed E-state index contributed by atoms with van der Waals surface area (Å²) in [5, 5.41) is 14.8. The molecule has 190 valence electrons. The molecule has 0 aliphatic carbocycles. The van der Waals surface area contributed by atoms with Crippen LogP contribution in [0.3, 0.4) is 0 Å². The molecule has 37 heavy (non-hydrogen) atoms. The molecule has 0 spiro atoms. The number of hydrogen-bond acceptors (Lipinski definition) is 7. The van der Waals surface area contributed by atoms with Crippen LogP contribution in [0.2, 0.25) is 0 Å². The number of amides is 3. The second kappa shape index (κ2) is 10.6. The summed E-state index contributed by atoms with van der Waals surface area (Å²) in [6, 6.07) is 23.5. The minimum absolute atomic E-state index is 0.0953. The molecule has 2 heterocycles. The van der Waals surface area contributed by atoms with Gasteiger partial charge in [-0.05, 0) is 48.5 Å². The lowest BCUT2D eigenvalue weighted by atomic mass is 9.81. The zero-order valence-electron chi connectivity index (χ0n) is 20.1. The Morgan fingerprint density at radius 3 is 2.35 bits per heavy atom. The van der Waals surface area contributed by atoms with Crippen molar-refractivity contribution in [3.8, 4) is 17.2 Å². The van der Waals surface area contributed by atoms with Crippen LogP contribution in [0.1, 0.15) is 6.42 Å². The number of methoxy groups -OCH3 is 1. The zero-order valence-corrected chi connectivity index (χ0v) is 20.1. The molecule has 4 atom stereocenters. The second-order valence-electron chi connectivity index (χ2n) is 8.76. The molecule has 2 fully saturated rings. The fraction of sp³-hybridized carbons (Fsp3) is 0.222. The predicted molar refractivity (Wildman–Crippen MR) is 137 cm³/mol. The van der Waals surface area contributed by atoms with E-state index in [1.165, 1.54) is 0 Å². The Kier molecular flexibility index (Phi) is 6.91. The van der Waals surface area contributed by atoms with Crippen LogP contribution in [0.4, 0.5) is 11.4 Å². The van der Waals surface area contributed by atoms with Crippen LogP contribution in [0, 0.1) is 11.8 Å². The maximum Gasteiger partial charge on any atom is 0.229 e. The Bertz CT molecular complexity index is 1280. The number of hydrogen-bond donors (Lipinski definition) is 5. The molecule has 0 bridgehead atoms. The number of anilines is 2. The van der Waals surface area contributed by atoms with E-state index in [4.69, 9.17) is 9.47 Å². The van der Waals surface area contributed by atoms with Crippen LogP contribution >= 0.6 is 0 Å². The van der Waals surface area contributed by atoms with E-state index in [9.17, 15) is 14.4 Å². The summed E-state index contributed by atoms with van der Waals surface area (Å²) in [5.41, 5.74) is 1.20. The van der Waals surface area contributed by atoms with Crippen molar-refractivity contribution in [2.45, 2.75) is 18.9 Å². The van der Waals surface area contributed by atoms with E-state index in [1.807, 2.05) is 48.5 Å². The fourth-order valence-electron chi connectivity index (χ4n) is 4.54. The van der Waals surface area contributed by atoms with Gasteiger partial charge in [-0.1, -0.05) is 30.3 Å². The molecule has 2 aliphatic heterocycles. The Labute approximate surface area is 213 Å². The maximum absolute atomic E-state index is 13.2. The molecule has 5 N–H and O–H groups in total. The SMILES string of the molecule is COc1ccccc1NC1NC(=O)C2C(NC(=O)CC2C(=O)Nc2ccc(Oc3ccccc3)cc2)N1. The molecule has 0 aromatic heterocycles. The second-order valence-corrected chi connectivity index (χ2v) is 8.76. The van der Waals surface area contributed by atoms with E-state index in [2.05, 4.69) is 26.6 Å². The van der Waals surface area contributed by atoms with Gasteiger partial charge < -0.3 is 30.7 Å². The number of carbonyl (C=O) groups excluding carboxylic acids is 3. The molecule has 0 saturated carbocycles. The molecule has 2 aliphatic rings. The van der Waals surface area contributed by atoms with Crippen LogP contribution in [0.15, 0.2) is 78.9 Å². The van der Waals surface area contributed by atoms with Crippen LogP contribution in [-0.2, 0) is 14.4 Å². The lowest BCUT2D eigenvalue weighted by Gasteiger charge is -2.43. The molecule has 10 nitrogen and oxygen atoms in total. The quantitative estimate of drug-likeness (QED) is 0.337. The number of piperidine rings is 1. The smallest absolute Gasteiger partial charge is 0.229 e. The minimum Gasteiger partial charge on any atom is -0.495 e. The van der Waals surface area contributed by atoms with Gasteiger partial charge in [0.25, 0.3) is 0 Å². The fourth-order valence-corrected chi connectivity index (χ4v) is 4.54. The first kappa shape index (κ1) is 24.1. The third kappa shape index (κ3) is 5.49. The highest BCUT2D eigenvalue weighted by molar-refractivity contribution is 6.00. The highest BCUT2D eigenvalue weighted by Gasteiger charge is 2.48. The lowest BCUT2D eigenvalue weighted by molar-refractivity contribution is -0.144. The number of carbonyl (C=O) groups is 3. The summed E-state index contributed by atoms with van der Waals surface area (Å²) in [6.07, 6.45) is -1.49. The van der Waals surface area contributed by atoms with Crippen molar-refractivity contribution in [1.29, 1.82) is 0 Å². The summed E-state index contributed by atoms with van der Waals surface area (Å²) >= 11 is 0. The molecule has 3 aromatic rings. The number of rotatable bonds is 7. The molecule has 0 radical (unpaired) electrons. The Morgan fingerprint density at radius 2 is 1.59 bits per heavy atom. The molecule has 10 heteroatoms. The van der Waals surface area contributed by atoms with Gasteiger partial charge in [0.2, 0.25) is 17.7 Å². The maximum atomic E-state index is 13.2. The van der Waals surface area contributed by atoms with Crippen LogP contribution in [0.25, 0.3) is 0 Å². The minimum atomic E-state index is -0.848. The third-order valence-corrected chi connectivity index (χ3v) is 6.29. The number of nitrogens with one attached hydrogen (secondary N) is 5. The Hall–Kier alpha value is -4.57. The van der Waals surface area contributed by atoms with Crippen molar-refractivity contribution >= 4 is 29.1 Å². The van der Waals surface area contributed by atoms with E-state index in [0.717, 1.165) is 0 Å². The summed E-state index contributed by atoms with van der Waals surface area (Å²) in [6.45, 7) is 0. The Balaban J connectivity index is 1.24. The molecule has 5 rings (SSSR count). The van der Waals surface area contributed by atoms with Gasteiger partial charge in [-0.3, -0.25) is 19.7 Å². The van der Waals surface area contributed by atoms with Gasteiger partial charge in [0.1, 0.15) is 17.2 Å². The van der Waals surface area contributed by atoms with Crippen LogP contribution in [-0.4, -0.2) is 37.3 Å². The highest BCUT2D eigenvalue weighted by Crippen LogP contribution is 2.30. The van der Waals surface area contributed by atoms with Gasteiger partial charge in [-0.25, -0.2) is 0 Å². The number of benzene rings is 3. The van der Waals surface area contributed by atoms with Crippen molar-refractivity contribution in [3.63, 3.8) is 0 Å². The first-order valence-corrected chi connectivity index (χ1v) is 11.9. The molecule has 3 amide bonds. The van der Waals surface area contributed by atoms with Crippen molar-refractivity contribution in [2.75, 3.05) is 17.7 Å². The van der Waals surface area contributed by atoms with Gasteiger partial charge in [-0.15, -0.1) is 0 Å². The summed E-state index contributed by atoms with van der Waals surface area (Å²) in [5.74, 6) is -0.777. The van der Waals surface area contributed by atoms with Gasteiger partial charge >= 0.3 is 0 Å². The van der Waals surface area contributed by atoms with E-state index in [-0.39, 0.29) is 18.2 Å². The topological polar surface area (TPSA) is 130 Å². The first-order chi connectivity index (χ1) is 18.0. The van der Waals surface area contributed by atoms with Crippen molar-refractivity contribution in [2.24, 2.45) is 11.8 Å². The average molecular weight is 502 g/mol. The standard InChI is InChI=1S/C27H27N5O5/c1-36-21-10-6-5-9-20(21)29-27-31-24-23(26(35)32-27)19(15-22(33)30-24)25(34)28-16-11-13-18(14-12-16)37-17-7-3-2-4-8-17/h2-14,19,23-24,27,29,31H,15H2,1H3,(H,28,34)(H,30,33)(H,32,35). The molecule has 2 saturated heterocycles. The number of fused-ring (bicyclic) bond motifs is 1. The largest absolute Gasteiger partial charge is 0.495 e. The zero-order chi connectivity index (χ0) is 25.8. The predicted octanol–water partition coefficient (Wildman–Crippen LogP) is 2.62. The normalized spacial score (nSPS) is 22.6. The first-order valence-electron chi connectivity index (χ1n) is 11.9. The average Bonchev–Trinajstić information content (AvgIpc) is 2.90. The molecular formula is C27H27N5O5. The summed E-state index contributed by atoms with van der Waals surface area (Å²) < 4.78 is 11.1. The van der Waals surface area contributed by atoms with Crippen molar-refractivity contribution < 1.29 is 23.9 Å². The van der Waals surface area contributed by atoms with E-state index < -0.39 is 30.2 Å². The number of para-hydroxylation sites is 3. The highest BCUT2D eigenvalue weighted by atomic mass is 16.5. The van der Waals surface area contributed by atoms with Gasteiger partial charge in [0, 0.05) is 12.1 Å². The van der Waals surface area contributed by atoms with Crippen molar-refractivity contribution in [1.82, 2.24) is 16.0 Å². The third-order valence-electron chi connectivity index (χ3n) is 6.29. The molecule has 4 unspecified atom stereocenters. The van der Waals surface area contributed by atoms with E-state index in [0.29, 0.717) is 28.6 Å².